The number of ether oxygens (including phenoxy) is 6. The second kappa shape index (κ2) is 15.2. The number of benzene rings is 1. The Morgan fingerprint density at radius 2 is 1.19 bits per heavy atom. The summed E-state index contributed by atoms with van der Waals surface area (Å²) in [5.41, 5.74) is 5.78. The van der Waals surface area contributed by atoms with Gasteiger partial charge in [0.25, 0.3) is 0 Å². The molecule has 0 bridgehead atoms. The van der Waals surface area contributed by atoms with Crippen LogP contribution in [0.5, 0.6) is 11.5 Å². The molecular weight excluding hydrogens is 546 g/mol. The fourth-order valence-corrected chi connectivity index (χ4v) is 3.11. The fourth-order valence-electron chi connectivity index (χ4n) is 3.11. The topological polar surface area (TPSA) is 150 Å². The van der Waals surface area contributed by atoms with Crippen molar-refractivity contribution in [3.63, 3.8) is 0 Å². The summed E-state index contributed by atoms with van der Waals surface area (Å²) in [5.74, 6) is -1.30. The van der Waals surface area contributed by atoms with E-state index in [4.69, 9.17) is 34.2 Å². The van der Waals surface area contributed by atoms with Gasteiger partial charge in [-0.05, 0) is 54.2 Å². The van der Waals surface area contributed by atoms with Gasteiger partial charge in [-0.2, -0.15) is 0 Å². The van der Waals surface area contributed by atoms with Gasteiger partial charge in [-0.1, -0.05) is 68.4 Å². The van der Waals surface area contributed by atoms with Gasteiger partial charge in [0.05, 0.1) is 19.6 Å². The van der Waals surface area contributed by atoms with Crippen LogP contribution < -0.4 is 15.2 Å². The van der Waals surface area contributed by atoms with Crippen molar-refractivity contribution >= 4 is 24.2 Å². The molecule has 0 radical (unpaired) electrons. The highest BCUT2D eigenvalue weighted by Gasteiger charge is 2.27. The largest absolute Gasteiger partial charge is 0.513 e. The Labute approximate surface area is 249 Å². The van der Waals surface area contributed by atoms with Gasteiger partial charge >= 0.3 is 24.2 Å². The van der Waals surface area contributed by atoms with E-state index in [9.17, 15) is 19.2 Å². The molecule has 11 heteroatoms. The summed E-state index contributed by atoms with van der Waals surface area (Å²) in [7, 11) is 0. The second-order valence-corrected chi connectivity index (χ2v) is 14.1. The lowest BCUT2D eigenvalue weighted by Crippen LogP contribution is -2.39. The van der Waals surface area contributed by atoms with Crippen molar-refractivity contribution in [1.82, 2.24) is 0 Å². The molecule has 0 heterocycles. The zero-order valence-corrected chi connectivity index (χ0v) is 27.0. The number of hydrogen-bond acceptors (Lipinski definition) is 11. The summed E-state index contributed by atoms with van der Waals surface area (Å²) in [6, 6.07) is 3.29. The molecule has 11 nitrogen and oxygen atoms in total. The minimum absolute atomic E-state index is 0.00585. The van der Waals surface area contributed by atoms with Crippen LogP contribution in [0.25, 0.3) is 0 Å². The minimum Gasteiger partial charge on any atom is -0.459 e. The molecule has 0 aliphatic carbocycles. The Hall–Kier alpha value is -3.34. The van der Waals surface area contributed by atoms with Crippen LogP contribution in [0.1, 0.15) is 88.1 Å². The Bertz CT molecular complexity index is 1080. The van der Waals surface area contributed by atoms with E-state index in [1.807, 2.05) is 62.3 Å². The molecule has 0 saturated heterocycles. The average molecular weight is 596 g/mol. The van der Waals surface area contributed by atoms with Crippen molar-refractivity contribution in [3.8, 4) is 11.5 Å². The zero-order chi connectivity index (χ0) is 32.5. The number of hydrogen-bond donors (Lipinski definition) is 1. The second-order valence-electron chi connectivity index (χ2n) is 14.1. The molecule has 3 atom stereocenters. The highest BCUT2D eigenvalue weighted by molar-refractivity contribution is 5.76. The molecule has 238 valence electrons. The molecular formula is C31H49NO10. The van der Waals surface area contributed by atoms with Crippen molar-refractivity contribution in [2.24, 2.45) is 22.0 Å². The van der Waals surface area contributed by atoms with E-state index < -0.39 is 36.5 Å². The third-order valence-corrected chi connectivity index (χ3v) is 5.35. The number of carbonyl (C=O) groups excluding carboxylic acids is 4. The maximum Gasteiger partial charge on any atom is 0.513 e. The zero-order valence-electron chi connectivity index (χ0n) is 27.0. The standard InChI is InChI=1S/C31H49NO10/c1-19(39-25(33)16-29(3,4)5)20(2)40-26(34)22(32)14-21-12-13-23(41-27(35)37-17-30(6,7)8)24(15-21)42-28(36)38-18-31(9,10)11/h12-13,15,19-20,22H,14,16-18,32H2,1-11H3/t19?,20-,22-/m0/s1. The SMILES string of the molecule is CC(OC(=O)CC(C)(C)C)[C@H](C)OC(=O)[C@@H](N)Cc1ccc(OC(=O)OCC(C)(C)C)c(OC(=O)OCC(C)(C)C)c1. The third kappa shape index (κ3) is 15.6. The van der Waals surface area contributed by atoms with E-state index in [0.29, 0.717) is 5.56 Å². The van der Waals surface area contributed by atoms with E-state index in [1.54, 1.807) is 19.9 Å². The first-order chi connectivity index (χ1) is 19.0. The quantitative estimate of drug-likeness (QED) is 0.183. The van der Waals surface area contributed by atoms with E-state index in [1.165, 1.54) is 12.1 Å². The lowest BCUT2D eigenvalue weighted by atomic mass is 9.92. The molecule has 2 N–H and O–H groups in total. The summed E-state index contributed by atoms with van der Waals surface area (Å²) in [5, 5.41) is 0. The van der Waals surface area contributed by atoms with Crippen LogP contribution in [0.4, 0.5) is 9.59 Å². The number of rotatable bonds is 11. The monoisotopic (exact) mass is 595 g/mol. The van der Waals surface area contributed by atoms with Crippen LogP contribution in [-0.4, -0.2) is 55.7 Å². The first-order valence-corrected chi connectivity index (χ1v) is 14.0. The Morgan fingerprint density at radius 1 is 0.714 bits per heavy atom. The lowest BCUT2D eigenvalue weighted by molar-refractivity contribution is -0.167. The minimum atomic E-state index is -1.09. The van der Waals surface area contributed by atoms with E-state index in [0.717, 1.165) is 0 Å². The highest BCUT2D eigenvalue weighted by atomic mass is 16.7. The maximum absolute atomic E-state index is 12.7. The average Bonchev–Trinajstić information content (AvgIpc) is 2.80. The Kier molecular flexibility index (Phi) is 13.3. The predicted octanol–water partition coefficient (Wildman–Crippen LogP) is 5.98. The molecule has 1 rings (SSSR count). The van der Waals surface area contributed by atoms with Crippen LogP contribution in [0.3, 0.4) is 0 Å². The number of nitrogens with two attached hydrogens (primary N) is 1. The third-order valence-electron chi connectivity index (χ3n) is 5.35. The van der Waals surface area contributed by atoms with Crippen molar-refractivity contribution < 1.29 is 47.6 Å². The Morgan fingerprint density at radius 3 is 1.67 bits per heavy atom. The summed E-state index contributed by atoms with van der Waals surface area (Å²) >= 11 is 0. The van der Waals surface area contributed by atoms with Crippen LogP contribution in [0.2, 0.25) is 0 Å². The maximum atomic E-state index is 12.7. The summed E-state index contributed by atoms with van der Waals surface area (Å²) < 4.78 is 31.8. The van der Waals surface area contributed by atoms with Crippen molar-refractivity contribution in [2.75, 3.05) is 13.2 Å². The first-order valence-electron chi connectivity index (χ1n) is 14.0. The molecule has 42 heavy (non-hydrogen) atoms. The molecule has 0 aliphatic rings. The van der Waals surface area contributed by atoms with Crippen molar-refractivity contribution in [3.05, 3.63) is 23.8 Å². The van der Waals surface area contributed by atoms with Crippen molar-refractivity contribution in [1.29, 1.82) is 0 Å². The van der Waals surface area contributed by atoms with E-state index in [2.05, 4.69) is 0 Å². The van der Waals surface area contributed by atoms with Gasteiger partial charge < -0.3 is 34.2 Å². The molecule has 0 saturated carbocycles. The van der Waals surface area contributed by atoms with E-state index in [-0.39, 0.29) is 59.8 Å². The normalized spacial score (nSPS) is 14.2. The van der Waals surface area contributed by atoms with Crippen LogP contribution >= 0.6 is 0 Å². The highest BCUT2D eigenvalue weighted by Crippen LogP contribution is 2.30. The molecule has 1 unspecified atom stereocenters. The summed E-state index contributed by atoms with van der Waals surface area (Å²) in [6.45, 7) is 20.6. The van der Waals surface area contributed by atoms with Gasteiger partial charge in [0.15, 0.2) is 11.5 Å². The van der Waals surface area contributed by atoms with Crippen LogP contribution in [0, 0.1) is 16.2 Å². The summed E-state index contributed by atoms with van der Waals surface area (Å²) in [4.78, 5) is 49.5. The molecule has 0 aromatic heterocycles. The molecule has 0 spiro atoms. The molecule has 0 fully saturated rings. The summed E-state index contributed by atoms with van der Waals surface area (Å²) in [6.07, 6.45) is -3.16. The molecule has 0 aliphatic heterocycles. The van der Waals surface area contributed by atoms with Gasteiger partial charge in [-0.25, -0.2) is 9.59 Å². The predicted molar refractivity (Wildman–Crippen MR) is 156 cm³/mol. The molecule has 1 aromatic rings. The smallest absolute Gasteiger partial charge is 0.459 e. The van der Waals surface area contributed by atoms with Crippen LogP contribution in [-0.2, 0) is 35.0 Å². The van der Waals surface area contributed by atoms with Gasteiger partial charge in [-0.15, -0.1) is 0 Å². The first kappa shape index (κ1) is 36.7. The number of esters is 2. The fraction of sp³-hybridized carbons (Fsp3) is 0.677. The number of carbonyl (C=O) groups is 4. The lowest BCUT2D eigenvalue weighted by Gasteiger charge is -2.24. The van der Waals surface area contributed by atoms with Gasteiger partial charge in [0.1, 0.15) is 18.2 Å². The van der Waals surface area contributed by atoms with Crippen molar-refractivity contribution in [2.45, 2.75) is 107 Å². The van der Waals surface area contributed by atoms with Gasteiger partial charge in [0, 0.05) is 0 Å². The molecule has 1 aromatic carbocycles. The van der Waals surface area contributed by atoms with E-state index >= 15 is 0 Å². The van der Waals surface area contributed by atoms with Gasteiger partial charge in [-0.3, -0.25) is 9.59 Å². The van der Waals surface area contributed by atoms with Crippen LogP contribution in [0.15, 0.2) is 18.2 Å². The molecule has 0 amide bonds. The Balaban J connectivity index is 2.97. The van der Waals surface area contributed by atoms with Gasteiger partial charge in [0.2, 0.25) is 0 Å².